The highest BCUT2D eigenvalue weighted by Crippen LogP contribution is 2.09. The molecule has 0 aliphatic rings. The maximum Gasteiger partial charge on any atom is 0.243 e. The second-order valence-corrected chi connectivity index (χ2v) is 3.48. The van der Waals surface area contributed by atoms with Crippen molar-refractivity contribution < 1.29 is 9.53 Å². The Morgan fingerprint density at radius 2 is 2.25 bits per heavy atom. The zero-order chi connectivity index (χ0) is 11.8. The Balaban J connectivity index is 2.16. The lowest BCUT2D eigenvalue weighted by atomic mass is 10.1. The third kappa shape index (κ3) is 4.86. The first-order chi connectivity index (χ1) is 7.70. The summed E-state index contributed by atoms with van der Waals surface area (Å²) < 4.78 is 5.03. The Kier molecular flexibility index (Phi) is 5.45. The molecule has 1 atom stereocenters. The second-order valence-electron chi connectivity index (χ2n) is 3.48. The Morgan fingerprint density at radius 1 is 1.56 bits per heavy atom. The Labute approximate surface area is 95.0 Å². The van der Waals surface area contributed by atoms with Gasteiger partial charge in [0.15, 0.2) is 0 Å². The van der Waals surface area contributed by atoms with Crippen molar-refractivity contribution in [2.24, 2.45) is 5.73 Å². The Bertz CT molecular complexity index is 316. The number of nitrogens with one attached hydrogen (secondary N) is 1. The molecule has 5 nitrogen and oxygen atoms in total. The summed E-state index contributed by atoms with van der Waals surface area (Å²) >= 11 is 0. The van der Waals surface area contributed by atoms with Crippen LogP contribution in [0.4, 0.5) is 0 Å². The molecule has 0 aliphatic carbocycles. The lowest BCUT2D eigenvalue weighted by Crippen LogP contribution is -2.25. The summed E-state index contributed by atoms with van der Waals surface area (Å²) in [4.78, 5) is 14.3. The number of hydrogen-bond acceptors (Lipinski definition) is 4. The van der Waals surface area contributed by atoms with Crippen molar-refractivity contribution in [3.05, 3.63) is 30.1 Å². The fourth-order valence-corrected chi connectivity index (χ4v) is 1.29. The number of carbonyl (C=O) groups excluding carboxylic acids is 1. The smallest absolute Gasteiger partial charge is 0.243 e. The molecule has 0 bridgehead atoms. The Hall–Kier alpha value is -1.46. The van der Waals surface area contributed by atoms with Crippen LogP contribution in [0.15, 0.2) is 24.5 Å². The lowest BCUT2D eigenvalue weighted by Gasteiger charge is -2.13. The number of ether oxygens (including phenoxy) is 1. The molecule has 1 aromatic rings. The molecule has 0 aromatic carbocycles. The highest BCUT2D eigenvalue weighted by Gasteiger charge is 2.03. The molecule has 3 N–H and O–H groups in total. The molecule has 1 unspecified atom stereocenters. The number of pyridine rings is 1. The van der Waals surface area contributed by atoms with Gasteiger partial charge >= 0.3 is 0 Å². The zero-order valence-corrected chi connectivity index (χ0v) is 9.35. The van der Waals surface area contributed by atoms with Crippen LogP contribution in [0.25, 0.3) is 0 Å². The van der Waals surface area contributed by atoms with Crippen molar-refractivity contribution in [2.45, 2.75) is 13.0 Å². The number of hydrogen-bond donors (Lipinski definition) is 2. The van der Waals surface area contributed by atoms with Gasteiger partial charge in [0.25, 0.3) is 0 Å². The van der Waals surface area contributed by atoms with Crippen molar-refractivity contribution in [3.63, 3.8) is 0 Å². The summed E-state index contributed by atoms with van der Waals surface area (Å²) in [6.45, 7) is 3.18. The SMILES string of the molecule is CC(NCCOCC(N)=O)c1ccncc1. The van der Waals surface area contributed by atoms with Gasteiger partial charge in [0.2, 0.25) is 5.91 Å². The molecule has 88 valence electrons. The zero-order valence-electron chi connectivity index (χ0n) is 9.35. The summed E-state index contributed by atoms with van der Waals surface area (Å²) in [5.41, 5.74) is 6.11. The van der Waals surface area contributed by atoms with Crippen LogP contribution in [-0.2, 0) is 9.53 Å². The van der Waals surface area contributed by atoms with Crippen LogP contribution in [0.3, 0.4) is 0 Å². The molecular weight excluding hydrogens is 206 g/mol. The van der Waals surface area contributed by atoms with Crippen LogP contribution in [0.2, 0.25) is 0 Å². The largest absolute Gasteiger partial charge is 0.370 e. The van der Waals surface area contributed by atoms with Crippen LogP contribution in [0.1, 0.15) is 18.5 Å². The molecule has 0 saturated heterocycles. The summed E-state index contributed by atoms with van der Waals surface area (Å²) in [6.07, 6.45) is 3.52. The normalized spacial score (nSPS) is 12.3. The quantitative estimate of drug-likeness (QED) is 0.649. The maximum absolute atomic E-state index is 10.4. The van der Waals surface area contributed by atoms with E-state index in [0.29, 0.717) is 13.2 Å². The maximum atomic E-state index is 10.4. The average Bonchev–Trinajstić information content (AvgIpc) is 2.29. The molecule has 0 aliphatic heterocycles. The molecule has 1 heterocycles. The highest BCUT2D eigenvalue weighted by atomic mass is 16.5. The summed E-state index contributed by atoms with van der Waals surface area (Å²) in [5, 5.41) is 3.27. The van der Waals surface area contributed by atoms with E-state index < -0.39 is 5.91 Å². The van der Waals surface area contributed by atoms with Gasteiger partial charge in [-0.2, -0.15) is 0 Å². The van der Waals surface area contributed by atoms with Crippen molar-refractivity contribution in [1.29, 1.82) is 0 Å². The summed E-state index contributed by atoms with van der Waals surface area (Å²) in [6, 6.07) is 4.16. The first-order valence-electron chi connectivity index (χ1n) is 5.19. The van der Waals surface area contributed by atoms with Gasteiger partial charge in [0.1, 0.15) is 6.61 Å². The predicted octanol–water partition coefficient (Wildman–Crippen LogP) is 0.234. The minimum atomic E-state index is -0.442. The molecule has 5 heteroatoms. The van der Waals surface area contributed by atoms with E-state index in [1.165, 1.54) is 5.56 Å². The number of primary amides is 1. The first-order valence-corrected chi connectivity index (χ1v) is 5.19. The van der Waals surface area contributed by atoms with Gasteiger partial charge in [-0.05, 0) is 24.6 Å². The van der Waals surface area contributed by atoms with E-state index in [0.717, 1.165) is 0 Å². The topological polar surface area (TPSA) is 77.2 Å². The van der Waals surface area contributed by atoms with Crippen LogP contribution in [-0.4, -0.2) is 30.6 Å². The monoisotopic (exact) mass is 223 g/mol. The van der Waals surface area contributed by atoms with E-state index in [9.17, 15) is 4.79 Å². The molecule has 0 spiro atoms. The van der Waals surface area contributed by atoms with Gasteiger partial charge in [-0.1, -0.05) is 0 Å². The predicted molar refractivity (Wildman–Crippen MR) is 60.7 cm³/mol. The third-order valence-electron chi connectivity index (χ3n) is 2.15. The number of nitrogens with zero attached hydrogens (tertiary/aromatic N) is 1. The molecule has 1 amide bonds. The Morgan fingerprint density at radius 3 is 2.88 bits per heavy atom. The van der Waals surface area contributed by atoms with Gasteiger partial charge in [0, 0.05) is 25.0 Å². The fourth-order valence-electron chi connectivity index (χ4n) is 1.29. The van der Waals surface area contributed by atoms with E-state index in [4.69, 9.17) is 10.5 Å². The van der Waals surface area contributed by atoms with E-state index in [2.05, 4.69) is 17.2 Å². The van der Waals surface area contributed by atoms with E-state index >= 15 is 0 Å². The standard InChI is InChI=1S/C11H17N3O2/c1-9(10-2-4-13-5-3-10)14-6-7-16-8-11(12)15/h2-5,9,14H,6-8H2,1H3,(H2,12,15). The molecule has 1 aromatic heterocycles. The number of nitrogens with two attached hydrogens (primary N) is 1. The van der Waals surface area contributed by atoms with Crippen LogP contribution in [0, 0.1) is 0 Å². The molecule has 16 heavy (non-hydrogen) atoms. The van der Waals surface area contributed by atoms with Crippen molar-refractivity contribution in [2.75, 3.05) is 19.8 Å². The van der Waals surface area contributed by atoms with Crippen LogP contribution < -0.4 is 11.1 Å². The van der Waals surface area contributed by atoms with Crippen molar-refractivity contribution >= 4 is 5.91 Å². The van der Waals surface area contributed by atoms with Gasteiger partial charge in [-0.25, -0.2) is 0 Å². The van der Waals surface area contributed by atoms with Crippen molar-refractivity contribution in [1.82, 2.24) is 10.3 Å². The minimum Gasteiger partial charge on any atom is -0.370 e. The number of amides is 1. The van der Waals surface area contributed by atoms with Crippen LogP contribution >= 0.6 is 0 Å². The number of carbonyl (C=O) groups is 1. The van der Waals surface area contributed by atoms with Crippen LogP contribution in [0.5, 0.6) is 0 Å². The van der Waals surface area contributed by atoms with Gasteiger partial charge in [0.05, 0.1) is 6.61 Å². The van der Waals surface area contributed by atoms with Gasteiger partial charge < -0.3 is 15.8 Å². The minimum absolute atomic E-state index is 0.0225. The highest BCUT2D eigenvalue weighted by molar-refractivity contribution is 5.74. The molecule has 0 radical (unpaired) electrons. The number of aromatic nitrogens is 1. The summed E-state index contributed by atoms with van der Waals surface area (Å²) in [5.74, 6) is -0.442. The molecule has 0 fully saturated rings. The number of rotatable bonds is 7. The third-order valence-corrected chi connectivity index (χ3v) is 2.15. The van der Waals surface area contributed by atoms with Crippen molar-refractivity contribution in [3.8, 4) is 0 Å². The molecule has 0 saturated carbocycles. The molecular formula is C11H17N3O2. The van der Waals surface area contributed by atoms with E-state index in [1.807, 2.05) is 12.1 Å². The van der Waals surface area contributed by atoms with E-state index in [-0.39, 0.29) is 12.6 Å². The molecule has 1 rings (SSSR count). The van der Waals surface area contributed by atoms with Gasteiger partial charge in [-0.15, -0.1) is 0 Å². The van der Waals surface area contributed by atoms with E-state index in [1.54, 1.807) is 12.4 Å². The first kappa shape index (κ1) is 12.6. The fraction of sp³-hybridized carbons (Fsp3) is 0.455. The van der Waals surface area contributed by atoms with Gasteiger partial charge in [-0.3, -0.25) is 9.78 Å². The second kappa shape index (κ2) is 6.92. The average molecular weight is 223 g/mol. The lowest BCUT2D eigenvalue weighted by molar-refractivity contribution is -0.122. The summed E-state index contributed by atoms with van der Waals surface area (Å²) in [7, 11) is 0.